The Balaban J connectivity index is 1.85. The molecule has 14 heavy (non-hydrogen) atoms. The summed E-state index contributed by atoms with van der Waals surface area (Å²) in [6, 6.07) is 0.599. The fourth-order valence-electron chi connectivity index (χ4n) is 1.81. The summed E-state index contributed by atoms with van der Waals surface area (Å²) in [7, 11) is 2.11. The predicted octanol–water partition coefficient (Wildman–Crippen LogP) is -0.616. The number of tetrazole rings is 1. The summed E-state index contributed by atoms with van der Waals surface area (Å²) >= 11 is 0. The van der Waals surface area contributed by atoms with Gasteiger partial charge in [0.25, 0.3) is 0 Å². The Bertz CT molecular complexity index is 253. The van der Waals surface area contributed by atoms with Crippen molar-refractivity contribution in [2.24, 2.45) is 0 Å². The van der Waals surface area contributed by atoms with Gasteiger partial charge in [-0.15, -0.1) is 10.2 Å². The van der Waals surface area contributed by atoms with Crippen LogP contribution in [-0.2, 0) is 6.54 Å². The third-order valence-corrected chi connectivity index (χ3v) is 2.67. The molecule has 1 aromatic rings. The number of aromatic nitrogens is 4. The van der Waals surface area contributed by atoms with Crippen molar-refractivity contribution in [3.8, 4) is 0 Å². The van der Waals surface area contributed by atoms with Crippen LogP contribution in [0.25, 0.3) is 0 Å². The van der Waals surface area contributed by atoms with E-state index in [9.17, 15) is 0 Å². The Labute approximate surface area is 83.1 Å². The predicted molar refractivity (Wildman–Crippen MR) is 51.5 cm³/mol. The van der Waals surface area contributed by atoms with Gasteiger partial charge in [0.2, 0.25) is 0 Å². The fourth-order valence-corrected chi connectivity index (χ4v) is 1.81. The maximum atomic E-state index is 3.94. The molecule has 0 amide bonds. The number of aromatic amines is 1. The fraction of sp³-hybridized carbons (Fsp3) is 0.875. The molecule has 6 heteroatoms. The van der Waals surface area contributed by atoms with Crippen LogP contribution in [0.1, 0.15) is 18.7 Å². The van der Waals surface area contributed by atoms with E-state index in [2.05, 4.69) is 37.9 Å². The van der Waals surface area contributed by atoms with Crippen LogP contribution in [0.4, 0.5) is 0 Å². The first-order valence-electron chi connectivity index (χ1n) is 4.99. The molecule has 1 aliphatic rings. The molecule has 0 radical (unpaired) electrons. The molecule has 78 valence electrons. The monoisotopic (exact) mass is 196 g/mol. The first kappa shape index (κ1) is 9.54. The number of hydrogen-bond donors (Lipinski definition) is 2. The first-order valence-corrected chi connectivity index (χ1v) is 4.99. The topological polar surface area (TPSA) is 69.7 Å². The molecule has 6 nitrogen and oxygen atoms in total. The second-order valence-corrected chi connectivity index (χ2v) is 3.74. The molecule has 0 bridgehead atoms. The van der Waals surface area contributed by atoms with Crippen LogP contribution in [0.15, 0.2) is 0 Å². The summed E-state index contributed by atoms with van der Waals surface area (Å²) in [5.74, 6) is 0.762. The van der Waals surface area contributed by atoms with Gasteiger partial charge < -0.3 is 5.32 Å². The van der Waals surface area contributed by atoms with Crippen LogP contribution in [0, 0.1) is 0 Å². The lowest BCUT2D eigenvalue weighted by atomic mass is 10.1. The van der Waals surface area contributed by atoms with E-state index in [4.69, 9.17) is 0 Å². The molecule has 1 unspecified atom stereocenters. The quantitative estimate of drug-likeness (QED) is 0.674. The number of H-pyrrole nitrogens is 1. The summed E-state index contributed by atoms with van der Waals surface area (Å²) in [4.78, 5) is 2.27. The molecule has 1 fully saturated rings. The second kappa shape index (κ2) is 4.47. The molecular formula is C8H16N6. The van der Waals surface area contributed by atoms with E-state index < -0.39 is 0 Å². The lowest BCUT2D eigenvalue weighted by molar-refractivity contribution is 0.192. The molecule has 0 spiro atoms. The minimum atomic E-state index is 0.599. The SMILES string of the molecule is CN(Cc1nn[nH]n1)C1CCCNC1. The summed E-state index contributed by atoms with van der Waals surface area (Å²) in [5, 5.41) is 17.3. The summed E-state index contributed by atoms with van der Waals surface area (Å²) < 4.78 is 0. The Hall–Kier alpha value is -1.01. The molecule has 2 rings (SSSR count). The van der Waals surface area contributed by atoms with Gasteiger partial charge in [0.05, 0.1) is 6.54 Å². The van der Waals surface area contributed by atoms with E-state index in [1.54, 1.807) is 0 Å². The van der Waals surface area contributed by atoms with Gasteiger partial charge in [-0.05, 0) is 26.4 Å². The van der Waals surface area contributed by atoms with Crippen molar-refractivity contribution >= 4 is 0 Å². The molecule has 0 saturated carbocycles. The minimum absolute atomic E-state index is 0.599. The zero-order valence-corrected chi connectivity index (χ0v) is 8.40. The maximum absolute atomic E-state index is 3.94. The van der Waals surface area contributed by atoms with E-state index in [1.165, 1.54) is 12.8 Å². The number of piperidine rings is 1. The van der Waals surface area contributed by atoms with Crippen molar-refractivity contribution in [1.29, 1.82) is 0 Å². The molecule has 1 atom stereocenters. The Morgan fingerprint density at radius 2 is 2.50 bits per heavy atom. The lowest BCUT2D eigenvalue weighted by Crippen LogP contribution is -2.43. The van der Waals surface area contributed by atoms with Crippen molar-refractivity contribution in [1.82, 2.24) is 30.8 Å². The normalized spacial score (nSPS) is 22.9. The van der Waals surface area contributed by atoms with Crippen LogP contribution in [0.2, 0.25) is 0 Å². The number of rotatable bonds is 3. The summed E-state index contributed by atoms with van der Waals surface area (Å²) in [5.41, 5.74) is 0. The van der Waals surface area contributed by atoms with Gasteiger partial charge in [-0.3, -0.25) is 4.90 Å². The third kappa shape index (κ3) is 2.27. The Kier molecular flexibility index (Phi) is 3.05. The maximum Gasteiger partial charge on any atom is 0.188 e. The van der Waals surface area contributed by atoms with Crippen LogP contribution in [0.5, 0.6) is 0 Å². The molecule has 1 aromatic heterocycles. The minimum Gasteiger partial charge on any atom is -0.315 e. The Morgan fingerprint density at radius 3 is 3.14 bits per heavy atom. The summed E-state index contributed by atoms with van der Waals surface area (Å²) in [6.07, 6.45) is 2.50. The zero-order valence-electron chi connectivity index (χ0n) is 8.40. The van der Waals surface area contributed by atoms with Gasteiger partial charge in [-0.2, -0.15) is 5.21 Å². The highest BCUT2D eigenvalue weighted by atomic mass is 15.5. The van der Waals surface area contributed by atoms with Gasteiger partial charge in [0.15, 0.2) is 5.82 Å². The number of likely N-dealkylation sites (N-methyl/N-ethyl adjacent to an activating group) is 1. The second-order valence-electron chi connectivity index (χ2n) is 3.74. The summed E-state index contributed by atoms with van der Waals surface area (Å²) in [6.45, 7) is 2.98. The molecule has 2 N–H and O–H groups in total. The molecule has 1 aliphatic heterocycles. The van der Waals surface area contributed by atoms with Crippen LogP contribution >= 0.6 is 0 Å². The standard InChI is InChI=1S/C8H16N6/c1-14(6-8-10-12-13-11-8)7-3-2-4-9-5-7/h7,9H,2-6H2,1H3,(H,10,11,12,13). The number of nitrogens with one attached hydrogen (secondary N) is 2. The van der Waals surface area contributed by atoms with Gasteiger partial charge in [-0.25, -0.2) is 0 Å². The van der Waals surface area contributed by atoms with Gasteiger partial charge in [-0.1, -0.05) is 5.21 Å². The molecule has 0 aliphatic carbocycles. The first-order chi connectivity index (χ1) is 6.86. The van der Waals surface area contributed by atoms with Crippen molar-refractivity contribution in [2.75, 3.05) is 20.1 Å². The van der Waals surface area contributed by atoms with Gasteiger partial charge in [0, 0.05) is 12.6 Å². The largest absolute Gasteiger partial charge is 0.315 e. The Morgan fingerprint density at radius 1 is 1.57 bits per heavy atom. The zero-order chi connectivity index (χ0) is 9.80. The van der Waals surface area contributed by atoms with E-state index in [0.29, 0.717) is 6.04 Å². The van der Waals surface area contributed by atoms with Gasteiger partial charge in [0.1, 0.15) is 0 Å². The number of hydrogen-bond acceptors (Lipinski definition) is 5. The smallest absolute Gasteiger partial charge is 0.188 e. The van der Waals surface area contributed by atoms with E-state index >= 15 is 0 Å². The van der Waals surface area contributed by atoms with Crippen molar-refractivity contribution in [2.45, 2.75) is 25.4 Å². The highest BCUT2D eigenvalue weighted by Gasteiger charge is 2.18. The average molecular weight is 196 g/mol. The number of nitrogens with zero attached hydrogens (tertiary/aromatic N) is 4. The van der Waals surface area contributed by atoms with Crippen LogP contribution in [-0.4, -0.2) is 51.7 Å². The lowest BCUT2D eigenvalue weighted by Gasteiger charge is -2.30. The van der Waals surface area contributed by atoms with E-state index in [1.807, 2.05) is 0 Å². The van der Waals surface area contributed by atoms with Crippen LogP contribution in [0.3, 0.4) is 0 Å². The highest BCUT2D eigenvalue weighted by Crippen LogP contribution is 2.09. The van der Waals surface area contributed by atoms with Crippen LogP contribution < -0.4 is 5.32 Å². The van der Waals surface area contributed by atoms with Crippen molar-refractivity contribution in [3.63, 3.8) is 0 Å². The highest BCUT2D eigenvalue weighted by molar-refractivity contribution is 4.81. The van der Waals surface area contributed by atoms with E-state index in [0.717, 1.165) is 25.5 Å². The molecular weight excluding hydrogens is 180 g/mol. The van der Waals surface area contributed by atoms with Gasteiger partial charge >= 0.3 is 0 Å². The average Bonchev–Trinajstić information content (AvgIpc) is 2.72. The molecule has 0 aromatic carbocycles. The van der Waals surface area contributed by atoms with Crippen molar-refractivity contribution < 1.29 is 0 Å². The third-order valence-electron chi connectivity index (χ3n) is 2.67. The van der Waals surface area contributed by atoms with Crippen molar-refractivity contribution in [3.05, 3.63) is 5.82 Å². The molecule has 1 saturated heterocycles. The molecule has 2 heterocycles. The van der Waals surface area contributed by atoms with E-state index in [-0.39, 0.29) is 0 Å².